The molecule has 1 heterocycles. The van der Waals surface area contributed by atoms with Crippen LogP contribution in [-0.2, 0) is 0 Å². The fraction of sp³-hybridized carbons (Fsp3) is 0.462. The number of carbonyl (C=O) groups excluding carboxylic acids is 1. The lowest BCUT2D eigenvalue weighted by Crippen LogP contribution is -2.29. The van der Waals surface area contributed by atoms with Crippen molar-refractivity contribution in [2.24, 2.45) is 5.92 Å². The summed E-state index contributed by atoms with van der Waals surface area (Å²) in [5, 5.41) is 10.9. The molecule has 0 radical (unpaired) electrons. The number of carbonyl (C=O) groups is 1. The SMILES string of the molecule is O=C(c1cc(F)c(F)cc1[N+](=O)[O-])N1CCC(CCCl)C1. The van der Waals surface area contributed by atoms with Crippen molar-refractivity contribution >= 4 is 23.2 Å². The Morgan fingerprint density at radius 2 is 2.10 bits per heavy atom. The van der Waals surface area contributed by atoms with Crippen molar-refractivity contribution in [3.05, 3.63) is 39.4 Å². The van der Waals surface area contributed by atoms with Crippen molar-refractivity contribution < 1.29 is 18.5 Å². The van der Waals surface area contributed by atoms with Gasteiger partial charge >= 0.3 is 0 Å². The quantitative estimate of drug-likeness (QED) is 0.487. The smallest absolute Gasteiger partial charge is 0.285 e. The van der Waals surface area contributed by atoms with Gasteiger partial charge in [-0.3, -0.25) is 14.9 Å². The maximum absolute atomic E-state index is 13.3. The molecular weight excluding hydrogens is 306 g/mol. The number of nitro benzene ring substituents is 1. The molecule has 114 valence electrons. The summed E-state index contributed by atoms with van der Waals surface area (Å²) in [6.45, 7) is 0.845. The van der Waals surface area contributed by atoms with Gasteiger partial charge in [-0.15, -0.1) is 11.6 Å². The Bertz CT molecular complexity index is 583. The summed E-state index contributed by atoms with van der Waals surface area (Å²) in [6.07, 6.45) is 1.49. The van der Waals surface area contributed by atoms with Crippen LogP contribution in [0.2, 0.25) is 0 Å². The van der Waals surface area contributed by atoms with Gasteiger partial charge in [0.1, 0.15) is 5.56 Å². The van der Waals surface area contributed by atoms with Crippen molar-refractivity contribution in [3.63, 3.8) is 0 Å². The van der Waals surface area contributed by atoms with Gasteiger partial charge in [0.2, 0.25) is 0 Å². The number of rotatable bonds is 4. The summed E-state index contributed by atoms with van der Waals surface area (Å²) in [7, 11) is 0. The second kappa shape index (κ2) is 6.34. The van der Waals surface area contributed by atoms with E-state index in [1.165, 1.54) is 4.90 Å². The normalized spacial score (nSPS) is 18.0. The van der Waals surface area contributed by atoms with E-state index in [1.807, 2.05) is 0 Å². The number of amides is 1. The summed E-state index contributed by atoms with van der Waals surface area (Å²) < 4.78 is 26.4. The number of benzene rings is 1. The molecular formula is C13H13ClF2N2O3. The predicted molar refractivity (Wildman–Crippen MR) is 72.4 cm³/mol. The lowest BCUT2D eigenvalue weighted by molar-refractivity contribution is -0.385. The molecule has 0 N–H and O–H groups in total. The van der Waals surface area contributed by atoms with Crippen molar-refractivity contribution in [1.82, 2.24) is 4.90 Å². The highest BCUT2D eigenvalue weighted by Gasteiger charge is 2.31. The molecule has 0 spiro atoms. The number of likely N-dealkylation sites (tertiary alicyclic amines) is 1. The molecule has 8 heteroatoms. The number of nitrogens with zero attached hydrogens (tertiary/aromatic N) is 2. The molecule has 0 saturated carbocycles. The van der Waals surface area contributed by atoms with Crippen molar-refractivity contribution in [1.29, 1.82) is 0 Å². The molecule has 0 aromatic heterocycles. The monoisotopic (exact) mass is 318 g/mol. The third-order valence-corrected chi connectivity index (χ3v) is 3.77. The van der Waals surface area contributed by atoms with Crippen LogP contribution in [0.1, 0.15) is 23.2 Å². The first-order valence-corrected chi connectivity index (χ1v) is 6.96. The number of alkyl halides is 1. The Labute approximate surface area is 124 Å². The van der Waals surface area contributed by atoms with Gasteiger partial charge in [0.05, 0.1) is 11.0 Å². The summed E-state index contributed by atoms with van der Waals surface area (Å²) in [4.78, 5) is 23.7. The van der Waals surface area contributed by atoms with Gasteiger partial charge in [0.25, 0.3) is 11.6 Å². The maximum atomic E-state index is 13.3. The van der Waals surface area contributed by atoms with Crippen molar-refractivity contribution in [3.8, 4) is 0 Å². The first kappa shape index (κ1) is 15.6. The van der Waals surface area contributed by atoms with E-state index in [1.54, 1.807) is 0 Å². The molecule has 1 atom stereocenters. The van der Waals surface area contributed by atoms with E-state index >= 15 is 0 Å². The standard InChI is InChI=1S/C13H13ClF2N2O3/c14-3-1-8-2-4-17(7-8)13(19)9-5-10(15)11(16)6-12(9)18(20)21/h5-6,8H,1-4,7H2. The van der Waals surface area contributed by atoms with Gasteiger partial charge in [-0.05, 0) is 24.8 Å². The Kier molecular flexibility index (Phi) is 4.72. The van der Waals surface area contributed by atoms with Crippen LogP contribution < -0.4 is 0 Å². The minimum absolute atomic E-state index is 0.232. The third-order valence-electron chi connectivity index (χ3n) is 3.56. The largest absolute Gasteiger partial charge is 0.338 e. The highest BCUT2D eigenvalue weighted by molar-refractivity contribution is 6.17. The predicted octanol–water partition coefficient (Wildman–Crippen LogP) is 2.96. The minimum Gasteiger partial charge on any atom is -0.338 e. The van der Waals surface area contributed by atoms with Crippen LogP contribution in [0.5, 0.6) is 0 Å². The van der Waals surface area contributed by atoms with Gasteiger partial charge in [0, 0.05) is 19.0 Å². The summed E-state index contributed by atoms with van der Waals surface area (Å²) in [5.41, 5.74) is -1.15. The molecule has 0 bridgehead atoms. The Hall–Kier alpha value is -1.76. The van der Waals surface area contributed by atoms with Crippen LogP contribution in [0.25, 0.3) is 0 Å². The van der Waals surface area contributed by atoms with Crippen LogP contribution in [0.4, 0.5) is 14.5 Å². The maximum Gasteiger partial charge on any atom is 0.285 e. The number of nitro groups is 1. The van der Waals surface area contributed by atoms with E-state index in [0.29, 0.717) is 31.1 Å². The molecule has 1 aliphatic heterocycles. The van der Waals surface area contributed by atoms with E-state index < -0.39 is 33.7 Å². The first-order valence-electron chi connectivity index (χ1n) is 6.42. The van der Waals surface area contributed by atoms with Gasteiger partial charge in [-0.2, -0.15) is 0 Å². The molecule has 1 unspecified atom stereocenters. The fourth-order valence-electron chi connectivity index (χ4n) is 2.44. The van der Waals surface area contributed by atoms with Gasteiger partial charge in [-0.25, -0.2) is 8.78 Å². The average molecular weight is 319 g/mol. The highest BCUT2D eigenvalue weighted by atomic mass is 35.5. The van der Waals surface area contributed by atoms with Crippen molar-refractivity contribution in [2.75, 3.05) is 19.0 Å². The molecule has 21 heavy (non-hydrogen) atoms. The second-order valence-corrected chi connectivity index (χ2v) is 5.30. The molecule has 2 rings (SSSR count). The summed E-state index contributed by atoms with van der Waals surface area (Å²) in [6, 6.07) is 1.03. The molecule has 1 aromatic carbocycles. The molecule has 1 saturated heterocycles. The lowest BCUT2D eigenvalue weighted by atomic mass is 10.1. The summed E-state index contributed by atoms with van der Waals surface area (Å²) >= 11 is 5.65. The topological polar surface area (TPSA) is 63.4 Å². The van der Waals surface area contributed by atoms with Crippen LogP contribution in [0.3, 0.4) is 0 Å². The number of halogens is 3. The van der Waals surface area contributed by atoms with E-state index in [4.69, 9.17) is 11.6 Å². The molecule has 5 nitrogen and oxygen atoms in total. The van der Waals surface area contributed by atoms with Crippen LogP contribution in [0.15, 0.2) is 12.1 Å². The van der Waals surface area contributed by atoms with E-state index in [2.05, 4.69) is 0 Å². The Morgan fingerprint density at radius 3 is 2.71 bits per heavy atom. The van der Waals surface area contributed by atoms with Crippen LogP contribution in [0, 0.1) is 27.7 Å². The molecule has 1 aliphatic rings. The van der Waals surface area contributed by atoms with E-state index in [-0.39, 0.29) is 5.92 Å². The Balaban J connectivity index is 2.27. The van der Waals surface area contributed by atoms with Crippen LogP contribution in [-0.4, -0.2) is 34.7 Å². The molecule has 1 fully saturated rings. The highest BCUT2D eigenvalue weighted by Crippen LogP contribution is 2.27. The van der Waals surface area contributed by atoms with E-state index in [0.717, 1.165) is 12.8 Å². The number of hydrogen-bond donors (Lipinski definition) is 0. The van der Waals surface area contributed by atoms with Crippen molar-refractivity contribution in [2.45, 2.75) is 12.8 Å². The summed E-state index contributed by atoms with van der Waals surface area (Å²) in [5.74, 6) is -2.58. The zero-order chi connectivity index (χ0) is 15.6. The van der Waals surface area contributed by atoms with Crippen LogP contribution >= 0.6 is 11.6 Å². The zero-order valence-corrected chi connectivity index (χ0v) is 11.8. The van der Waals surface area contributed by atoms with E-state index in [9.17, 15) is 23.7 Å². The average Bonchev–Trinajstić information content (AvgIpc) is 2.89. The second-order valence-electron chi connectivity index (χ2n) is 4.92. The van der Waals surface area contributed by atoms with Gasteiger partial charge in [-0.1, -0.05) is 0 Å². The zero-order valence-electron chi connectivity index (χ0n) is 11.0. The third kappa shape index (κ3) is 3.29. The minimum atomic E-state index is -1.35. The molecule has 0 aliphatic carbocycles. The fourth-order valence-corrected chi connectivity index (χ4v) is 2.74. The number of hydrogen-bond acceptors (Lipinski definition) is 3. The Morgan fingerprint density at radius 1 is 1.43 bits per heavy atom. The molecule has 1 amide bonds. The van der Waals surface area contributed by atoms with Gasteiger partial charge < -0.3 is 4.90 Å². The lowest BCUT2D eigenvalue weighted by Gasteiger charge is -2.16. The molecule has 1 aromatic rings. The van der Waals surface area contributed by atoms with Gasteiger partial charge in [0.15, 0.2) is 11.6 Å². The first-order chi connectivity index (χ1) is 9.93.